The van der Waals surface area contributed by atoms with Crippen LogP contribution in [0.25, 0.3) is 5.69 Å². The van der Waals surface area contributed by atoms with E-state index in [1.165, 1.54) is 11.8 Å². The van der Waals surface area contributed by atoms with Crippen molar-refractivity contribution in [3.8, 4) is 17.2 Å². The van der Waals surface area contributed by atoms with Gasteiger partial charge in [0, 0.05) is 13.1 Å². The number of para-hydroxylation sites is 1. The molecule has 2 aliphatic heterocycles. The lowest BCUT2D eigenvalue weighted by molar-refractivity contribution is -0.119. The molecule has 1 N–H and O–H groups in total. The highest BCUT2D eigenvalue weighted by Crippen LogP contribution is 2.34. The number of nitrogens with one attached hydrogen (secondary N) is 1. The second-order valence-electron chi connectivity index (χ2n) is 8.19. The topological polar surface area (TPSA) is 90.7 Å². The molecule has 10 heteroatoms. The van der Waals surface area contributed by atoms with Crippen LogP contribution in [0.4, 0.5) is 5.95 Å². The van der Waals surface area contributed by atoms with E-state index in [9.17, 15) is 4.79 Å². The van der Waals surface area contributed by atoms with Crippen molar-refractivity contribution < 1.29 is 19.0 Å². The number of aromatic nitrogens is 3. The first-order valence-corrected chi connectivity index (χ1v) is 12.2. The van der Waals surface area contributed by atoms with Crippen LogP contribution in [-0.2, 0) is 9.53 Å². The summed E-state index contributed by atoms with van der Waals surface area (Å²) in [6, 6.07) is 13.7. The molecule has 1 aromatic heterocycles. The Morgan fingerprint density at radius 2 is 1.91 bits per heavy atom. The standard InChI is InChI=1S/C24H27N5O4S/c1-16-5-3-4-6-19(16)29-23(28-9-11-31-12-10-28)26-27-24(29)34-14-22(30)25-17(2)18-7-8-20-21(13-18)33-15-32-20/h3-8,13,17H,9-12,14-15H2,1-2H3,(H,25,30). The van der Waals surface area contributed by atoms with Gasteiger partial charge >= 0.3 is 0 Å². The molecule has 9 nitrogen and oxygen atoms in total. The van der Waals surface area contributed by atoms with Crippen molar-refractivity contribution in [1.29, 1.82) is 0 Å². The van der Waals surface area contributed by atoms with Gasteiger partial charge in [0.2, 0.25) is 18.6 Å². The quantitative estimate of drug-likeness (QED) is 0.515. The zero-order chi connectivity index (χ0) is 23.5. The van der Waals surface area contributed by atoms with Crippen molar-refractivity contribution in [1.82, 2.24) is 20.1 Å². The molecule has 2 aromatic carbocycles. The van der Waals surface area contributed by atoms with Gasteiger partial charge in [0.1, 0.15) is 0 Å². The molecule has 1 saturated heterocycles. The molecule has 0 aliphatic carbocycles. The Balaban J connectivity index is 1.30. The Morgan fingerprint density at radius 1 is 1.12 bits per heavy atom. The van der Waals surface area contributed by atoms with Crippen LogP contribution in [0, 0.1) is 6.92 Å². The summed E-state index contributed by atoms with van der Waals surface area (Å²) in [6.45, 7) is 7.06. The van der Waals surface area contributed by atoms with Crippen molar-refractivity contribution >= 4 is 23.6 Å². The Hall–Kier alpha value is -3.24. The summed E-state index contributed by atoms with van der Waals surface area (Å²) in [5, 5.41) is 12.7. The highest BCUT2D eigenvalue weighted by atomic mass is 32.2. The van der Waals surface area contributed by atoms with Crippen LogP contribution in [0.3, 0.4) is 0 Å². The third-order valence-corrected chi connectivity index (χ3v) is 6.80. The first kappa shape index (κ1) is 22.5. The fourth-order valence-electron chi connectivity index (χ4n) is 4.03. The van der Waals surface area contributed by atoms with E-state index in [-0.39, 0.29) is 24.5 Å². The van der Waals surface area contributed by atoms with E-state index >= 15 is 0 Å². The molecule has 1 unspecified atom stereocenters. The maximum atomic E-state index is 12.8. The molecule has 3 aromatic rings. The summed E-state index contributed by atoms with van der Waals surface area (Å²) >= 11 is 1.38. The van der Waals surface area contributed by atoms with Gasteiger partial charge in [-0.2, -0.15) is 0 Å². The van der Waals surface area contributed by atoms with Gasteiger partial charge in [-0.3, -0.25) is 9.36 Å². The SMILES string of the molecule is Cc1ccccc1-n1c(SCC(=O)NC(C)c2ccc3c(c2)OCO3)nnc1N1CCOCC1. The number of thioether (sulfide) groups is 1. The minimum atomic E-state index is -0.166. The lowest BCUT2D eigenvalue weighted by atomic mass is 10.1. The van der Waals surface area contributed by atoms with Gasteiger partial charge < -0.3 is 24.4 Å². The summed E-state index contributed by atoms with van der Waals surface area (Å²) in [4.78, 5) is 15.0. The predicted octanol–water partition coefficient (Wildman–Crippen LogP) is 3.11. The van der Waals surface area contributed by atoms with E-state index < -0.39 is 0 Å². The number of morpholine rings is 1. The predicted molar refractivity (Wildman–Crippen MR) is 129 cm³/mol. The molecule has 1 fully saturated rings. The van der Waals surface area contributed by atoms with Crippen LogP contribution in [0.15, 0.2) is 47.6 Å². The third kappa shape index (κ3) is 4.69. The van der Waals surface area contributed by atoms with Gasteiger partial charge in [0.05, 0.1) is 30.7 Å². The number of carbonyl (C=O) groups is 1. The molecule has 0 bridgehead atoms. The number of carbonyl (C=O) groups excluding carboxylic acids is 1. The van der Waals surface area contributed by atoms with E-state index in [0.717, 1.165) is 41.6 Å². The van der Waals surface area contributed by atoms with Crippen LogP contribution in [0.5, 0.6) is 11.5 Å². The second kappa shape index (κ2) is 9.94. The number of benzene rings is 2. The number of hydrogen-bond acceptors (Lipinski definition) is 8. The Labute approximate surface area is 202 Å². The van der Waals surface area contributed by atoms with Crippen molar-refractivity contribution in [2.75, 3.05) is 43.7 Å². The lowest BCUT2D eigenvalue weighted by Crippen LogP contribution is -2.38. The van der Waals surface area contributed by atoms with Crippen molar-refractivity contribution in [2.24, 2.45) is 0 Å². The molecule has 34 heavy (non-hydrogen) atoms. The average Bonchev–Trinajstić information content (AvgIpc) is 3.50. The Kier molecular flexibility index (Phi) is 6.59. The molecular formula is C24H27N5O4S. The van der Waals surface area contributed by atoms with Gasteiger partial charge in [-0.05, 0) is 43.2 Å². The maximum absolute atomic E-state index is 12.8. The molecule has 1 atom stereocenters. The lowest BCUT2D eigenvalue weighted by Gasteiger charge is -2.28. The van der Waals surface area contributed by atoms with Gasteiger partial charge in [-0.1, -0.05) is 36.0 Å². The number of anilines is 1. The largest absolute Gasteiger partial charge is 0.454 e. The van der Waals surface area contributed by atoms with Gasteiger partial charge in [0.15, 0.2) is 16.7 Å². The molecule has 2 aliphatic rings. The highest BCUT2D eigenvalue weighted by molar-refractivity contribution is 7.99. The van der Waals surface area contributed by atoms with E-state index in [0.29, 0.717) is 24.1 Å². The molecule has 0 saturated carbocycles. The molecule has 1 amide bonds. The van der Waals surface area contributed by atoms with Gasteiger partial charge in [-0.25, -0.2) is 0 Å². The molecule has 3 heterocycles. The fraction of sp³-hybridized carbons (Fsp3) is 0.375. The molecule has 0 spiro atoms. The number of amides is 1. The average molecular weight is 482 g/mol. The summed E-state index contributed by atoms with van der Waals surface area (Å²) in [6.07, 6.45) is 0. The second-order valence-corrected chi connectivity index (χ2v) is 9.14. The number of aryl methyl sites for hydroxylation is 1. The first-order valence-electron chi connectivity index (χ1n) is 11.3. The van der Waals surface area contributed by atoms with Crippen LogP contribution in [-0.4, -0.2) is 59.5 Å². The van der Waals surface area contributed by atoms with Crippen molar-refractivity contribution in [2.45, 2.75) is 25.0 Å². The molecular weight excluding hydrogens is 454 g/mol. The van der Waals surface area contributed by atoms with Gasteiger partial charge in [-0.15, -0.1) is 10.2 Å². The summed E-state index contributed by atoms with van der Waals surface area (Å²) in [5.74, 6) is 2.35. The summed E-state index contributed by atoms with van der Waals surface area (Å²) in [7, 11) is 0. The highest BCUT2D eigenvalue weighted by Gasteiger charge is 2.23. The molecule has 0 radical (unpaired) electrons. The minimum Gasteiger partial charge on any atom is -0.454 e. The minimum absolute atomic E-state index is 0.0811. The van der Waals surface area contributed by atoms with Crippen molar-refractivity contribution in [3.05, 3.63) is 53.6 Å². The van der Waals surface area contributed by atoms with Crippen molar-refractivity contribution in [3.63, 3.8) is 0 Å². The van der Waals surface area contributed by atoms with Gasteiger partial charge in [0.25, 0.3) is 0 Å². The Morgan fingerprint density at radius 3 is 2.74 bits per heavy atom. The number of hydrogen-bond donors (Lipinski definition) is 1. The number of rotatable bonds is 7. The van der Waals surface area contributed by atoms with E-state index in [1.54, 1.807) is 0 Å². The number of fused-ring (bicyclic) bond motifs is 1. The van der Waals surface area contributed by atoms with Crippen LogP contribution in [0.2, 0.25) is 0 Å². The van der Waals surface area contributed by atoms with Crippen LogP contribution < -0.4 is 19.7 Å². The third-order valence-electron chi connectivity index (χ3n) is 5.87. The maximum Gasteiger partial charge on any atom is 0.232 e. The zero-order valence-electron chi connectivity index (χ0n) is 19.2. The molecule has 5 rings (SSSR count). The van der Waals surface area contributed by atoms with Crippen LogP contribution in [0.1, 0.15) is 24.1 Å². The Bertz CT molecular complexity index is 1180. The first-order chi connectivity index (χ1) is 16.6. The number of ether oxygens (including phenoxy) is 3. The smallest absolute Gasteiger partial charge is 0.232 e. The normalized spacial score (nSPS) is 15.9. The van der Waals surface area contributed by atoms with E-state index in [1.807, 2.05) is 41.8 Å². The van der Waals surface area contributed by atoms with Crippen LogP contribution >= 0.6 is 11.8 Å². The van der Waals surface area contributed by atoms with E-state index in [2.05, 4.69) is 39.5 Å². The van der Waals surface area contributed by atoms with E-state index in [4.69, 9.17) is 14.2 Å². The fourth-order valence-corrected chi connectivity index (χ4v) is 4.78. The summed E-state index contributed by atoms with van der Waals surface area (Å²) in [5.41, 5.74) is 3.07. The number of nitrogens with zero attached hydrogens (tertiary/aromatic N) is 4. The summed E-state index contributed by atoms with van der Waals surface area (Å²) < 4.78 is 18.4. The monoisotopic (exact) mass is 481 g/mol. The zero-order valence-corrected chi connectivity index (χ0v) is 20.0. The molecule has 178 valence electrons.